The van der Waals surface area contributed by atoms with Gasteiger partial charge >= 0.3 is 6.09 Å². The minimum atomic E-state index is -3.67. The smallest absolute Gasteiger partial charge is 0.404 e. The van der Waals surface area contributed by atoms with Crippen LogP contribution in [-0.4, -0.2) is 83.9 Å². The van der Waals surface area contributed by atoms with E-state index in [9.17, 15) is 22.8 Å². The Morgan fingerprint density at radius 2 is 1.71 bits per heavy atom. The van der Waals surface area contributed by atoms with E-state index in [4.69, 9.17) is 9.84 Å². The first-order valence-electron chi connectivity index (χ1n) is 11.9. The number of fused-ring (bicyclic) bond motifs is 3. The quantitative estimate of drug-likeness (QED) is 0.457. The van der Waals surface area contributed by atoms with Gasteiger partial charge in [-0.25, -0.2) is 4.79 Å². The third kappa shape index (κ3) is 4.80. The van der Waals surface area contributed by atoms with E-state index in [1.807, 2.05) is 0 Å². The van der Waals surface area contributed by atoms with Crippen molar-refractivity contribution < 1.29 is 32.6 Å². The van der Waals surface area contributed by atoms with Gasteiger partial charge in [-0.15, -0.1) is 0 Å². The normalized spacial score (nSPS) is 27.4. The number of carbonyl (C=O) groups is 3. The fourth-order valence-corrected chi connectivity index (χ4v) is 7.74. The third-order valence-electron chi connectivity index (χ3n) is 7.25. The summed E-state index contributed by atoms with van der Waals surface area (Å²) in [6, 6.07) is 4.11. The monoisotopic (exact) mass is 507 g/mol. The Morgan fingerprint density at radius 3 is 2.37 bits per heavy atom. The molecule has 4 aliphatic heterocycles. The van der Waals surface area contributed by atoms with E-state index < -0.39 is 16.3 Å². The molecule has 0 saturated carbocycles. The second kappa shape index (κ2) is 9.28. The van der Waals surface area contributed by atoms with Crippen LogP contribution in [-0.2, 0) is 15.0 Å². The van der Waals surface area contributed by atoms with Crippen LogP contribution in [0.5, 0.6) is 5.75 Å². The Kier molecular flexibility index (Phi) is 6.32. The number of hydrogen-bond donors (Lipinski definition) is 4. The second-order valence-corrected chi connectivity index (χ2v) is 11.4. The topological polar surface area (TPSA) is 157 Å². The molecule has 3 fully saturated rings. The molecule has 1 aromatic carbocycles. The van der Waals surface area contributed by atoms with Crippen LogP contribution in [0.4, 0.5) is 10.5 Å². The highest BCUT2D eigenvalue weighted by molar-refractivity contribution is 7.86. The van der Waals surface area contributed by atoms with Crippen molar-refractivity contribution in [3.63, 3.8) is 0 Å². The molecule has 4 heterocycles. The summed E-state index contributed by atoms with van der Waals surface area (Å²) in [7, 11) is -3.67. The van der Waals surface area contributed by atoms with Gasteiger partial charge in [0.25, 0.3) is 22.0 Å². The number of piperidine rings is 2. The van der Waals surface area contributed by atoms with Crippen LogP contribution >= 0.6 is 0 Å². The van der Waals surface area contributed by atoms with Gasteiger partial charge in [0.05, 0.1) is 5.69 Å². The van der Waals surface area contributed by atoms with Gasteiger partial charge in [0, 0.05) is 42.8 Å². The van der Waals surface area contributed by atoms with Crippen molar-refractivity contribution in [3.8, 4) is 5.75 Å². The fourth-order valence-electron chi connectivity index (χ4n) is 5.66. The molecule has 190 valence electrons. The first kappa shape index (κ1) is 23.8. The zero-order valence-corrected chi connectivity index (χ0v) is 19.9. The van der Waals surface area contributed by atoms with E-state index in [1.165, 1.54) is 4.31 Å². The predicted molar refractivity (Wildman–Crippen MR) is 124 cm³/mol. The molecule has 1 aromatic rings. The maximum atomic E-state index is 13.4. The molecule has 1 unspecified atom stereocenters. The second-order valence-electron chi connectivity index (χ2n) is 9.54. The van der Waals surface area contributed by atoms with E-state index in [0.717, 1.165) is 12.8 Å². The summed E-state index contributed by atoms with van der Waals surface area (Å²) >= 11 is 0. The van der Waals surface area contributed by atoms with Crippen LogP contribution in [0.1, 0.15) is 48.9 Å². The van der Waals surface area contributed by atoms with Crippen molar-refractivity contribution in [1.82, 2.24) is 19.2 Å². The summed E-state index contributed by atoms with van der Waals surface area (Å²) in [5, 5.41) is 17.1. The fraction of sp³-hybridized carbons (Fsp3) is 0.591. The van der Waals surface area contributed by atoms with Gasteiger partial charge in [-0.3, -0.25) is 9.59 Å². The Hall–Kier alpha value is -2.90. The Bertz CT molecular complexity index is 1120. The van der Waals surface area contributed by atoms with Crippen LogP contribution in [0.2, 0.25) is 0 Å². The van der Waals surface area contributed by atoms with Crippen LogP contribution in [0.25, 0.3) is 0 Å². The number of nitrogens with zero attached hydrogens (tertiary/aromatic N) is 2. The SMILES string of the molecule is O=C(O)NC1CCN(S(=O)(=O)N2[C@@H]3CC[C@H]2CC(NC(=O)c2ccc4c(c2)NC(=O)CO4)C3)CC1. The maximum Gasteiger partial charge on any atom is 0.404 e. The number of benzene rings is 1. The van der Waals surface area contributed by atoms with Crippen LogP contribution in [0.15, 0.2) is 18.2 Å². The van der Waals surface area contributed by atoms with Crippen molar-refractivity contribution in [2.75, 3.05) is 25.0 Å². The Morgan fingerprint density at radius 1 is 1.03 bits per heavy atom. The Balaban J connectivity index is 1.21. The Labute approximate surface area is 203 Å². The number of carbonyl (C=O) groups excluding carboxylic acids is 2. The summed E-state index contributed by atoms with van der Waals surface area (Å²) in [6.07, 6.45) is 2.35. The number of hydrogen-bond acceptors (Lipinski definition) is 6. The van der Waals surface area contributed by atoms with Crippen molar-refractivity contribution in [2.24, 2.45) is 0 Å². The summed E-state index contributed by atoms with van der Waals surface area (Å²) in [4.78, 5) is 35.3. The standard InChI is InChI=1S/C22H29N5O7S/c28-20-12-34-19-4-1-13(9-18(19)25-20)21(29)23-15-10-16-2-3-17(11-15)27(16)35(32,33)26-7-5-14(6-8-26)24-22(30)31/h1,4,9,14-17,24H,2-3,5-8,10-12H2,(H,23,29)(H,25,28)(H,30,31)/t15?,16-,17+. The molecule has 3 atom stereocenters. The summed E-state index contributed by atoms with van der Waals surface area (Å²) in [6.45, 7) is 0.504. The first-order valence-corrected chi connectivity index (χ1v) is 13.3. The van der Waals surface area contributed by atoms with Crippen molar-refractivity contribution in [1.29, 1.82) is 0 Å². The van der Waals surface area contributed by atoms with Crippen molar-refractivity contribution in [3.05, 3.63) is 23.8 Å². The molecule has 0 spiro atoms. The summed E-state index contributed by atoms with van der Waals surface area (Å²) in [5.74, 6) is -0.0376. The van der Waals surface area contributed by atoms with Crippen LogP contribution in [0, 0.1) is 0 Å². The average Bonchev–Trinajstić information content (AvgIpc) is 3.10. The summed E-state index contributed by atoms with van der Waals surface area (Å²) in [5.41, 5.74) is 0.854. The maximum absolute atomic E-state index is 13.4. The lowest BCUT2D eigenvalue weighted by atomic mass is 9.99. The lowest BCUT2D eigenvalue weighted by Crippen LogP contribution is -2.57. The highest BCUT2D eigenvalue weighted by Crippen LogP contribution is 2.39. The molecule has 3 amide bonds. The molecule has 12 nitrogen and oxygen atoms in total. The van der Waals surface area contributed by atoms with Gasteiger partial charge in [-0.2, -0.15) is 17.0 Å². The molecule has 0 aliphatic carbocycles. The molecule has 0 aromatic heterocycles. The number of anilines is 1. The van der Waals surface area contributed by atoms with E-state index in [0.29, 0.717) is 42.7 Å². The van der Waals surface area contributed by atoms with Gasteiger partial charge in [0.2, 0.25) is 0 Å². The van der Waals surface area contributed by atoms with E-state index in [-0.39, 0.29) is 55.7 Å². The molecule has 4 N–H and O–H groups in total. The minimum Gasteiger partial charge on any atom is -0.482 e. The number of ether oxygens (including phenoxy) is 1. The van der Waals surface area contributed by atoms with Gasteiger partial charge in [0.15, 0.2) is 6.61 Å². The van der Waals surface area contributed by atoms with E-state index in [1.54, 1.807) is 22.5 Å². The highest BCUT2D eigenvalue weighted by atomic mass is 32.2. The molecule has 4 aliphatic rings. The van der Waals surface area contributed by atoms with Gasteiger partial charge in [-0.1, -0.05) is 0 Å². The predicted octanol–water partition coefficient (Wildman–Crippen LogP) is 0.720. The molecule has 5 rings (SSSR count). The van der Waals surface area contributed by atoms with Crippen molar-refractivity contribution >= 4 is 33.8 Å². The van der Waals surface area contributed by atoms with Crippen LogP contribution < -0.4 is 20.7 Å². The number of nitrogens with one attached hydrogen (secondary N) is 3. The molecule has 13 heteroatoms. The summed E-state index contributed by atoms with van der Waals surface area (Å²) < 4.78 is 35.3. The molecular weight excluding hydrogens is 478 g/mol. The van der Waals surface area contributed by atoms with Crippen LogP contribution in [0.3, 0.4) is 0 Å². The number of amides is 3. The zero-order valence-electron chi connectivity index (χ0n) is 19.1. The molecule has 35 heavy (non-hydrogen) atoms. The average molecular weight is 508 g/mol. The molecule has 0 radical (unpaired) electrons. The third-order valence-corrected chi connectivity index (χ3v) is 9.40. The lowest BCUT2D eigenvalue weighted by molar-refractivity contribution is -0.118. The van der Waals surface area contributed by atoms with Gasteiger partial charge in [-0.05, 0) is 56.7 Å². The molecule has 2 bridgehead atoms. The molecular formula is C22H29N5O7S. The number of carboxylic acid groups (broad SMARTS) is 1. The van der Waals surface area contributed by atoms with Gasteiger partial charge < -0.3 is 25.8 Å². The van der Waals surface area contributed by atoms with E-state index >= 15 is 0 Å². The number of rotatable bonds is 5. The minimum absolute atomic E-state index is 0.0555. The van der Waals surface area contributed by atoms with Gasteiger partial charge in [0.1, 0.15) is 5.75 Å². The first-order chi connectivity index (χ1) is 16.7. The molecule has 3 saturated heterocycles. The van der Waals surface area contributed by atoms with Crippen molar-refractivity contribution in [2.45, 2.75) is 62.7 Å². The highest BCUT2D eigenvalue weighted by Gasteiger charge is 2.49. The lowest BCUT2D eigenvalue weighted by Gasteiger charge is -2.42. The zero-order chi connectivity index (χ0) is 24.7. The largest absolute Gasteiger partial charge is 0.482 e. The van der Waals surface area contributed by atoms with E-state index in [2.05, 4.69) is 16.0 Å².